The number of anilines is 1. The molecule has 23 heavy (non-hydrogen) atoms. The zero-order valence-corrected chi connectivity index (χ0v) is 13.6. The topological polar surface area (TPSA) is 101 Å². The SMILES string of the molecule is CC(CN)C(=O)Nc1cccc(CN2CCC(C(N)=O)CC2)c1. The lowest BCUT2D eigenvalue weighted by atomic mass is 9.96. The number of hydrogen-bond acceptors (Lipinski definition) is 4. The number of primary amides is 1. The Labute approximate surface area is 137 Å². The molecule has 1 saturated heterocycles. The molecule has 0 radical (unpaired) electrons. The Bertz CT molecular complexity index is 553. The highest BCUT2D eigenvalue weighted by molar-refractivity contribution is 5.92. The van der Waals surface area contributed by atoms with Crippen molar-refractivity contribution >= 4 is 17.5 Å². The average Bonchev–Trinajstić information content (AvgIpc) is 2.54. The van der Waals surface area contributed by atoms with Gasteiger partial charge < -0.3 is 16.8 Å². The van der Waals surface area contributed by atoms with Crippen LogP contribution in [-0.4, -0.2) is 36.3 Å². The first kappa shape index (κ1) is 17.4. The van der Waals surface area contributed by atoms with Gasteiger partial charge in [0, 0.05) is 30.6 Å². The van der Waals surface area contributed by atoms with E-state index in [1.165, 1.54) is 0 Å². The highest BCUT2D eigenvalue weighted by Crippen LogP contribution is 2.20. The van der Waals surface area contributed by atoms with Crippen molar-refractivity contribution in [1.82, 2.24) is 4.90 Å². The number of likely N-dealkylation sites (tertiary alicyclic amines) is 1. The first-order chi connectivity index (χ1) is 11.0. The highest BCUT2D eigenvalue weighted by Gasteiger charge is 2.23. The van der Waals surface area contributed by atoms with Crippen LogP contribution in [0.25, 0.3) is 0 Å². The minimum atomic E-state index is -0.202. The van der Waals surface area contributed by atoms with Gasteiger partial charge in [-0.15, -0.1) is 0 Å². The molecular formula is C17H26N4O2. The van der Waals surface area contributed by atoms with Crippen LogP contribution in [-0.2, 0) is 16.1 Å². The fraction of sp³-hybridized carbons (Fsp3) is 0.529. The molecule has 1 aromatic rings. The van der Waals surface area contributed by atoms with Gasteiger partial charge in [0.1, 0.15) is 0 Å². The van der Waals surface area contributed by atoms with E-state index in [4.69, 9.17) is 11.5 Å². The van der Waals surface area contributed by atoms with E-state index in [2.05, 4.69) is 10.2 Å². The van der Waals surface area contributed by atoms with Crippen molar-refractivity contribution in [3.05, 3.63) is 29.8 Å². The first-order valence-electron chi connectivity index (χ1n) is 8.11. The van der Waals surface area contributed by atoms with Crippen LogP contribution in [0, 0.1) is 11.8 Å². The summed E-state index contributed by atoms with van der Waals surface area (Å²) in [4.78, 5) is 25.4. The minimum absolute atomic E-state index is 0.00891. The molecule has 0 aromatic heterocycles. The van der Waals surface area contributed by atoms with Gasteiger partial charge in [-0.1, -0.05) is 19.1 Å². The average molecular weight is 318 g/mol. The second-order valence-corrected chi connectivity index (χ2v) is 6.28. The Morgan fingerprint density at radius 1 is 1.35 bits per heavy atom. The Morgan fingerprint density at radius 3 is 2.65 bits per heavy atom. The van der Waals surface area contributed by atoms with Gasteiger partial charge in [0.05, 0.1) is 0 Å². The third-order valence-electron chi connectivity index (χ3n) is 4.39. The maximum atomic E-state index is 11.9. The van der Waals surface area contributed by atoms with Crippen LogP contribution in [0.5, 0.6) is 0 Å². The maximum Gasteiger partial charge on any atom is 0.228 e. The molecule has 1 aliphatic rings. The number of nitrogens with two attached hydrogens (primary N) is 2. The zero-order chi connectivity index (χ0) is 16.8. The molecule has 0 saturated carbocycles. The number of benzene rings is 1. The van der Waals surface area contributed by atoms with E-state index >= 15 is 0 Å². The van der Waals surface area contributed by atoms with E-state index < -0.39 is 0 Å². The van der Waals surface area contributed by atoms with Crippen LogP contribution >= 0.6 is 0 Å². The van der Waals surface area contributed by atoms with E-state index in [1.54, 1.807) is 0 Å². The quantitative estimate of drug-likeness (QED) is 0.726. The van der Waals surface area contributed by atoms with Crippen LogP contribution in [0.1, 0.15) is 25.3 Å². The summed E-state index contributed by atoms with van der Waals surface area (Å²) >= 11 is 0. The van der Waals surface area contributed by atoms with Crippen molar-refractivity contribution < 1.29 is 9.59 Å². The van der Waals surface area contributed by atoms with Crippen molar-refractivity contribution in [3.63, 3.8) is 0 Å². The molecule has 1 unspecified atom stereocenters. The summed E-state index contributed by atoms with van der Waals surface area (Å²) in [6, 6.07) is 7.85. The van der Waals surface area contributed by atoms with Gasteiger partial charge in [-0.2, -0.15) is 0 Å². The molecule has 1 aliphatic heterocycles. The number of carbonyl (C=O) groups excluding carboxylic acids is 2. The monoisotopic (exact) mass is 318 g/mol. The van der Waals surface area contributed by atoms with Crippen molar-refractivity contribution in [2.45, 2.75) is 26.3 Å². The molecule has 1 heterocycles. The number of hydrogen-bond donors (Lipinski definition) is 3. The Kier molecular flexibility index (Phi) is 6.12. The predicted octanol–water partition coefficient (Wildman–Crippen LogP) is 0.917. The summed E-state index contributed by atoms with van der Waals surface area (Å²) in [6.07, 6.45) is 1.64. The Balaban J connectivity index is 1.90. The van der Waals surface area contributed by atoms with E-state index in [0.717, 1.165) is 43.7 Å². The second-order valence-electron chi connectivity index (χ2n) is 6.28. The first-order valence-corrected chi connectivity index (χ1v) is 8.11. The van der Waals surface area contributed by atoms with Gasteiger partial charge >= 0.3 is 0 Å². The lowest BCUT2D eigenvalue weighted by Gasteiger charge is -2.30. The summed E-state index contributed by atoms with van der Waals surface area (Å²) in [5.74, 6) is -0.448. The molecule has 0 bridgehead atoms. The summed E-state index contributed by atoms with van der Waals surface area (Å²) in [5.41, 5.74) is 12.8. The predicted molar refractivity (Wildman–Crippen MR) is 90.5 cm³/mol. The number of nitrogens with one attached hydrogen (secondary N) is 1. The molecule has 126 valence electrons. The molecule has 5 N–H and O–H groups in total. The lowest BCUT2D eigenvalue weighted by molar-refractivity contribution is -0.123. The van der Waals surface area contributed by atoms with Crippen molar-refractivity contribution in [1.29, 1.82) is 0 Å². The minimum Gasteiger partial charge on any atom is -0.369 e. The molecule has 1 fully saturated rings. The van der Waals surface area contributed by atoms with E-state index in [1.807, 2.05) is 31.2 Å². The van der Waals surface area contributed by atoms with E-state index in [9.17, 15) is 9.59 Å². The number of nitrogens with zero attached hydrogens (tertiary/aromatic N) is 1. The van der Waals surface area contributed by atoms with Gasteiger partial charge in [0.2, 0.25) is 11.8 Å². The molecule has 0 spiro atoms. The number of carbonyl (C=O) groups is 2. The third-order valence-corrected chi connectivity index (χ3v) is 4.39. The van der Waals surface area contributed by atoms with Crippen LogP contribution in [0.2, 0.25) is 0 Å². The molecule has 6 heteroatoms. The van der Waals surface area contributed by atoms with Gasteiger partial charge in [0.25, 0.3) is 0 Å². The van der Waals surface area contributed by atoms with Crippen LogP contribution < -0.4 is 16.8 Å². The van der Waals surface area contributed by atoms with Gasteiger partial charge in [-0.3, -0.25) is 14.5 Å². The molecule has 1 atom stereocenters. The number of piperidine rings is 1. The standard InChI is InChI=1S/C17H26N4O2/c1-12(10-18)17(23)20-15-4-2-3-13(9-15)11-21-7-5-14(6-8-21)16(19)22/h2-4,9,12,14H,5-8,10-11,18H2,1H3,(H2,19,22)(H,20,23). The normalized spacial score (nSPS) is 17.7. The van der Waals surface area contributed by atoms with E-state index in [-0.39, 0.29) is 23.7 Å². The van der Waals surface area contributed by atoms with Crippen molar-refractivity contribution in [2.24, 2.45) is 23.3 Å². The molecule has 0 aliphatic carbocycles. The molecule has 1 aromatic carbocycles. The van der Waals surface area contributed by atoms with Crippen molar-refractivity contribution in [3.8, 4) is 0 Å². The molecule has 2 rings (SSSR count). The maximum absolute atomic E-state index is 11.9. The van der Waals surface area contributed by atoms with Crippen molar-refractivity contribution in [2.75, 3.05) is 25.0 Å². The highest BCUT2D eigenvalue weighted by atomic mass is 16.2. The van der Waals surface area contributed by atoms with Crippen LogP contribution in [0.4, 0.5) is 5.69 Å². The van der Waals surface area contributed by atoms with E-state index in [0.29, 0.717) is 6.54 Å². The third kappa shape index (κ3) is 5.04. The molecular weight excluding hydrogens is 292 g/mol. The largest absolute Gasteiger partial charge is 0.369 e. The fourth-order valence-corrected chi connectivity index (χ4v) is 2.75. The fourth-order valence-electron chi connectivity index (χ4n) is 2.75. The number of rotatable bonds is 6. The summed E-state index contributed by atoms with van der Waals surface area (Å²) in [7, 11) is 0. The number of amides is 2. The molecule has 6 nitrogen and oxygen atoms in total. The summed E-state index contributed by atoms with van der Waals surface area (Å²) < 4.78 is 0. The van der Waals surface area contributed by atoms with Gasteiger partial charge in [0.15, 0.2) is 0 Å². The molecule has 2 amide bonds. The van der Waals surface area contributed by atoms with Crippen LogP contribution in [0.15, 0.2) is 24.3 Å². The lowest BCUT2D eigenvalue weighted by Crippen LogP contribution is -2.38. The zero-order valence-electron chi connectivity index (χ0n) is 13.6. The van der Waals surface area contributed by atoms with Gasteiger partial charge in [-0.05, 0) is 43.6 Å². The van der Waals surface area contributed by atoms with Crippen LogP contribution in [0.3, 0.4) is 0 Å². The summed E-state index contributed by atoms with van der Waals surface area (Å²) in [6.45, 7) is 4.69. The summed E-state index contributed by atoms with van der Waals surface area (Å²) in [5, 5.41) is 2.89. The smallest absolute Gasteiger partial charge is 0.228 e. The van der Waals surface area contributed by atoms with Gasteiger partial charge in [-0.25, -0.2) is 0 Å². The second kappa shape index (κ2) is 8.08. The Morgan fingerprint density at radius 2 is 2.04 bits per heavy atom. The Hall–Kier alpha value is -1.92.